The van der Waals surface area contributed by atoms with E-state index in [0.717, 1.165) is 30.5 Å². The van der Waals surface area contributed by atoms with Crippen LogP contribution in [0.25, 0.3) is 0 Å². The van der Waals surface area contributed by atoms with Crippen molar-refractivity contribution < 1.29 is 4.79 Å². The second-order valence-corrected chi connectivity index (χ2v) is 6.43. The topological polar surface area (TPSA) is 59.0 Å². The third kappa shape index (κ3) is 4.42. The maximum absolute atomic E-state index is 12.6. The van der Waals surface area contributed by atoms with Gasteiger partial charge in [0.2, 0.25) is 5.91 Å². The SMILES string of the molecule is Cc1cnn(CC(C)NC(C(=O)NC2CC2)c2ccccc2)c1. The van der Waals surface area contributed by atoms with Gasteiger partial charge in [-0.25, -0.2) is 0 Å². The van der Waals surface area contributed by atoms with E-state index in [1.165, 1.54) is 0 Å². The Labute approximate surface area is 137 Å². The highest BCUT2D eigenvalue weighted by molar-refractivity contribution is 5.83. The molecule has 1 heterocycles. The number of carbonyl (C=O) groups excluding carboxylic acids is 1. The van der Waals surface area contributed by atoms with Crippen LogP contribution < -0.4 is 10.6 Å². The van der Waals surface area contributed by atoms with Crippen LogP contribution >= 0.6 is 0 Å². The minimum absolute atomic E-state index is 0.0576. The molecule has 3 rings (SSSR count). The van der Waals surface area contributed by atoms with Gasteiger partial charge in [0.05, 0.1) is 12.7 Å². The van der Waals surface area contributed by atoms with Crippen LogP contribution in [0.1, 0.15) is 36.9 Å². The Morgan fingerprint density at radius 2 is 2.09 bits per heavy atom. The summed E-state index contributed by atoms with van der Waals surface area (Å²) in [6.07, 6.45) is 6.05. The number of nitrogens with zero attached hydrogens (tertiary/aromatic N) is 2. The molecule has 0 aliphatic heterocycles. The van der Waals surface area contributed by atoms with Gasteiger partial charge in [-0.1, -0.05) is 30.3 Å². The smallest absolute Gasteiger partial charge is 0.241 e. The van der Waals surface area contributed by atoms with Gasteiger partial charge in [0.15, 0.2) is 0 Å². The number of carbonyl (C=O) groups is 1. The molecular weight excluding hydrogens is 288 g/mol. The first-order valence-electron chi connectivity index (χ1n) is 8.22. The molecule has 1 fully saturated rings. The first-order valence-corrected chi connectivity index (χ1v) is 8.22. The summed E-state index contributed by atoms with van der Waals surface area (Å²) in [4.78, 5) is 12.6. The number of hydrogen-bond acceptors (Lipinski definition) is 3. The molecule has 23 heavy (non-hydrogen) atoms. The van der Waals surface area contributed by atoms with Gasteiger partial charge in [-0.2, -0.15) is 5.10 Å². The van der Waals surface area contributed by atoms with Gasteiger partial charge in [0, 0.05) is 18.3 Å². The minimum Gasteiger partial charge on any atom is -0.352 e. The average Bonchev–Trinajstić information content (AvgIpc) is 3.26. The highest BCUT2D eigenvalue weighted by Crippen LogP contribution is 2.21. The summed E-state index contributed by atoms with van der Waals surface area (Å²) < 4.78 is 1.91. The molecule has 0 saturated heterocycles. The Kier molecular flexibility index (Phi) is 4.76. The predicted molar refractivity (Wildman–Crippen MR) is 89.9 cm³/mol. The van der Waals surface area contributed by atoms with Gasteiger partial charge >= 0.3 is 0 Å². The zero-order valence-electron chi connectivity index (χ0n) is 13.7. The van der Waals surface area contributed by atoms with Crippen molar-refractivity contribution in [2.45, 2.75) is 51.4 Å². The maximum atomic E-state index is 12.6. The Hall–Kier alpha value is -2.14. The quantitative estimate of drug-likeness (QED) is 0.824. The van der Waals surface area contributed by atoms with Crippen molar-refractivity contribution in [3.05, 3.63) is 53.9 Å². The third-order valence-electron chi connectivity index (χ3n) is 3.99. The molecule has 1 aliphatic carbocycles. The number of aromatic nitrogens is 2. The monoisotopic (exact) mass is 312 g/mol. The normalized spacial score (nSPS) is 16.8. The van der Waals surface area contributed by atoms with E-state index in [0.29, 0.717) is 6.04 Å². The summed E-state index contributed by atoms with van der Waals surface area (Å²) in [7, 11) is 0. The molecule has 5 nitrogen and oxygen atoms in total. The van der Waals surface area contributed by atoms with Crippen LogP contribution in [0.5, 0.6) is 0 Å². The maximum Gasteiger partial charge on any atom is 0.241 e. The third-order valence-corrected chi connectivity index (χ3v) is 3.99. The molecule has 1 saturated carbocycles. The van der Waals surface area contributed by atoms with Gasteiger partial charge in [-0.15, -0.1) is 0 Å². The standard InChI is InChI=1S/C18H24N4O/c1-13-10-19-22(11-13)12-14(2)20-17(15-6-4-3-5-7-15)18(23)21-16-8-9-16/h3-7,10-11,14,16-17,20H,8-9,12H2,1-2H3,(H,21,23). The van der Waals surface area contributed by atoms with Crippen LogP contribution in [0.15, 0.2) is 42.7 Å². The molecule has 2 atom stereocenters. The lowest BCUT2D eigenvalue weighted by molar-refractivity contribution is -0.123. The van der Waals surface area contributed by atoms with E-state index in [9.17, 15) is 4.79 Å². The van der Waals surface area contributed by atoms with Gasteiger partial charge in [0.1, 0.15) is 6.04 Å². The first-order chi connectivity index (χ1) is 11.1. The van der Waals surface area contributed by atoms with Crippen LogP contribution in [0.3, 0.4) is 0 Å². The van der Waals surface area contributed by atoms with Crippen molar-refractivity contribution in [3.8, 4) is 0 Å². The number of nitrogens with one attached hydrogen (secondary N) is 2. The van der Waals surface area contributed by atoms with Crippen LogP contribution in [0.2, 0.25) is 0 Å². The van der Waals surface area contributed by atoms with E-state index in [4.69, 9.17) is 0 Å². The van der Waals surface area contributed by atoms with Crippen LogP contribution in [-0.4, -0.2) is 27.8 Å². The second-order valence-electron chi connectivity index (χ2n) is 6.43. The molecule has 0 radical (unpaired) electrons. The van der Waals surface area contributed by atoms with Crippen molar-refractivity contribution in [3.63, 3.8) is 0 Å². The van der Waals surface area contributed by atoms with Crippen molar-refractivity contribution >= 4 is 5.91 Å². The Morgan fingerprint density at radius 3 is 2.70 bits per heavy atom. The van der Waals surface area contributed by atoms with Crippen LogP contribution in [-0.2, 0) is 11.3 Å². The molecule has 0 spiro atoms. The highest BCUT2D eigenvalue weighted by atomic mass is 16.2. The number of amides is 1. The molecule has 1 aliphatic rings. The van der Waals surface area contributed by atoms with E-state index in [1.807, 2.05) is 54.3 Å². The van der Waals surface area contributed by atoms with Crippen molar-refractivity contribution in [2.75, 3.05) is 0 Å². The molecule has 1 aromatic heterocycles. The van der Waals surface area contributed by atoms with E-state index >= 15 is 0 Å². The number of hydrogen-bond donors (Lipinski definition) is 2. The number of aryl methyl sites for hydroxylation is 1. The fourth-order valence-electron chi connectivity index (χ4n) is 2.67. The zero-order chi connectivity index (χ0) is 16.2. The van der Waals surface area contributed by atoms with Crippen molar-refractivity contribution in [2.24, 2.45) is 0 Å². The summed E-state index contributed by atoms with van der Waals surface area (Å²) in [6, 6.07) is 10.1. The largest absolute Gasteiger partial charge is 0.352 e. The molecule has 1 aromatic carbocycles. The molecule has 5 heteroatoms. The first kappa shape index (κ1) is 15.7. The molecule has 2 unspecified atom stereocenters. The summed E-state index contributed by atoms with van der Waals surface area (Å²) >= 11 is 0. The molecule has 2 N–H and O–H groups in total. The van der Waals surface area contributed by atoms with Crippen molar-refractivity contribution in [1.82, 2.24) is 20.4 Å². The molecule has 0 bridgehead atoms. The van der Waals surface area contributed by atoms with E-state index in [2.05, 4.69) is 22.7 Å². The lowest BCUT2D eigenvalue weighted by Gasteiger charge is -2.23. The fourth-order valence-corrected chi connectivity index (χ4v) is 2.67. The Morgan fingerprint density at radius 1 is 1.35 bits per heavy atom. The molecule has 2 aromatic rings. The van der Waals surface area contributed by atoms with E-state index < -0.39 is 0 Å². The van der Waals surface area contributed by atoms with Crippen molar-refractivity contribution in [1.29, 1.82) is 0 Å². The number of benzene rings is 1. The minimum atomic E-state index is -0.330. The van der Waals surface area contributed by atoms with Gasteiger partial charge in [-0.05, 0) is 37.8 Å². The summed E-state index contributed by atoms with van der Waals surface area (Å²) in [5.74, 6) is 0.0576. The lowest BCUT2D eigenvalue weighted by atomic mass is 10.1. The average molecular weight is 312 g/mol. The van der Waals surface area contributed by atoms with Gasteiger partial charge in [0.25, 0.3) is 0 Å². The van der Waals surface area contributed by atoms with E-state index in [-0.39, 0.29) is 18.0 Å². The van der Waals surface area contributed by atoms with E-state index in [1.54, 1.807) is 0 Å². The van der Waals surface area contributed by atoms with Gasteiger partial charge in [-0.3, -0.25) is 14.8 Å². The summed E-state index contributed by atoms with van der Waals surface area (Å²) in [5, 5.41) is 10.9. The fraction of sp³-hybridized carbons (Fsp3) is 0.444. The zero-order valence-corrected chi connectivity index (χ0v) is 13.7. The summed E-state index contributed by atoms with van der Waals surface area (Å²) in [6.45, 7) is 4.84. The Balaban J connectivity index is 1.68. The lowest BCUT2D eigenvalue weighted by Crippen LogP contribution is -2.43. The van der Waals surface area contributed by atoms with Crippen LogP contribution in [0, 0.1) is 6.92 Å². The summed E-state index contributed by atoms with van der Waals surface area (Å²) in [5.41, 5.74) is 2.14. The Bertz CT molecular complexity index is 648. The molecule has 1 amide bonds. The number of rotatable bonds is 7. The molecule has 122 valence electrons. The van der Waals surface area contributed by atoms with Crippen LogP contribution in [0.4, 0.5) is 0 Å². The van der Waals surface area contributed by atoms with Gasteiger partial charge < -0.3 is 5.32 Å². The predicted octanol–water partition coefficient (Wildman–Crippen LogP) is 2.19. The second kappa shape index (κ2) is 6.96. The highest BCUT2D eigenvalue weighted by Gasteiger charge is 2.29. The molecular formula is C18H24N4O.